The second-order valence-electron chi connectivity index (χ2n) is 4.49. The van der Waals surface area contributed by atoms with E-state index in [1.807, 2.05) is 5.38 Å². The number of rotatable bonds is 3. The standard InChI is InChI=1S/C12H12N4O4S/c17-11(9-1-2-10(20-9)16(18)19)14-4-6-15(7-5-14)12-13-3-8-21-12/h1-3,8H,4-7H2. The molecule has 3 rings (SSSR count). The Kier molecular flexibility index (Phi) is 3.57. The van der Waals surface area contributed by atoms with Crippen LogP contribution in [0.3, 0.4) is 0 Å². The fourth-order valence-electron chi connectivity index (χ4n) is 2.17. The van der Waals surface area contributed by atoms with Gasteiger partial charge in [0.05, 0.1) is 6.07 Å². The number of nitro groups is 1. The van der Waals surface area contributed by atoms with Crippen LogP contribution < -0.4 is 4.90 Å². The minimum atomic E-state index is -0.656. The molecule has 1 saturated heterocycles. The number of carbonyl (C=O) groups excluding carboxylic acids is 1. The van der Waals surface area contributed by atoms with Gasteiger partial charge in [0.15, 0.2) is 10.9 Å². The van der Waals surface area contributed by atoms with Crippen molar-refractivity contribution in [3.8, 4) is 0 Å². The van der Waals surface area contributed by atoms with Crippen LogP contribution in [-0.2, 0) is 0 Å². The van der Waals surface area contributed by atoms with Crippen molar-refractivity contribution in [3.63, 3.8) is 0 Å². The molecular formula is C12H12N4O4S. The van der Waals surface area contributed by atoms with Gasteiger partial charge in [-0.1, -0.05) is 0 Å². The highest BCUT2D eigenvalue weighted by atomic mass is 32.1. The van der Waals surface area contributed by atoms with Crippen molar-refractivity contribution in [1.82, 2.24) is 9.88 Å². The first-order valence-corrected chi connectivity index (χ1v) is 7.21. The van der Waals surface area contributed by atoms with Gasteiger partial charge >= 0.3 is 5.88 Å². The molecule has 110 valence electrons. The molecule has 3 heterocycles. The minimum Gasteiger partial charge on any atom is -0.395 e. The van der Waals surface area contributed by atoms with E-state index in [0.29, 0.717) is 26.2 Å². The predicted octanol–water partition coefficient (Wildman–Crippen LogP) is 1.61. The Bertz CT molecular complexity index is 646. The fourth-order valence-corrected chi connectivity index (χ4v) is 2.87. The van der Waals surface area contributed by atoms with E-state index in [2.05, 4.69) is 9.88 Å². The molecule has 0 N–H and O–H groups in total. The van der Waals surface area contributed by atoms with E-state index in [0.717, 1.165) is 5.13 Å². The highest BCUT2D eigenvalue weighted by molar-refractivity contribution is 7.13. The van der Waals surface area contributed by atoms with E-state index in [1.54, 1.807) is 22.4 Å². The number of amides is 1. The lowest BCUT2D eigenvalue weighted by atomic mass is 10.3. The number of thiazole rings is 1. The molecule has 0 bridgehead atoms. The van der Waals surface area contributed by atoms with E-state index >= 15 is 0 Å². The zero-order chi connectivity index (χ0) is 14.8. The van der Waals surface area contributed by atoms with Gasteiger partial charge < -0.3 is 14.2 Å². The van der Waals surface area contributed by atoms with E-state index in [4.69, 9.17) is 4.42 Å². The maximum absolute atomic E-state index is 12.2. The Balaban J connectivity index is 1.63. The third kappa shape index (κ3) is 2.72. The summed E-state index contributed by atoms with van der Waals surface area (Å²) < 4.78 is 4.94. The second kappa shape index (κ2) is 5.52. The fraction of sp³-hybridized carbons (Fsp3) is 0.333. The lowest BCUT2D eigenvalue weighted by molar-refractivity contribution is -0.402. The van der Waals surface area contributed by atoms with Crippen molar-refractivity contribution < 1.29 is 14.1 Å². The van der Waals surface area contributed by atoms with Crippen LogP contribution in [0.4, 0.5) is 11.0 Å². The monoisotopic (exact) mass is 308 g/mol. The number of nitrogens with zero attached hydrogens (tertiary/aromatic N) is 4. The molecule has 8 nitrogen and oxygen atoms in total. The molecule has 9 heteroatoms. The van der Waals surface area contributed by atoms with Gasteiger partial charge in [0, 0.05) is 37.8 Å². The van der Waals surface area contributed by atoms with Crippen LogP contribution >= 0.6 is 11.3 Å². The maximum atomic E-state index is 12.2. The molecule has 0 spiro atoms. The summed E-state index contributed by atoms with van der Waals surface area (Å²) in [5, 5.41) is 13.4. The average molecular weight is 308 g/mol. The summed E-state index contributed by atoms with van der Waals surface area (Å²) in [7, 11) is 0. The van der Waals surface area contributed by atoms with Crippen molar-refractivity contribution in [2.75, 3.05) is 31.1 Å². The van der Waals surface area contributed by atoms with E-state index < -0.39 is 10.8 Å². The second-order valence-corrected chi connectivity index (χ2v) is 5.36. The van der Waals surface area contributed by atoms with Gasteiger partial charge in [-0.3, -0.25) is 14.9 Å². The highest BCUT2D eigenvalue weighted by Gasteiger charge is 2.26. The molecule has 0 unspecified atom stereocenters. The summed E-state index contributed by atoms with van der Waals surface area (Å²) in [6.07, 6.45) is 1.75. The van der Waals surface area contributed by atoms with Crippen LogP contribution in [0.1, 0.15) is 10.6 Å². The molecule has 0 aromatic carbocycles. The third-order valence-electron chi connectivity index (χ3n) is 3.24. The molecule has 0 atom stereocenters. The Hall–Kier alpha value is -2.42. The molecule has 2 aromatic rings. The normalized spacial score (nSPS) is 15.2. The lowest BCUT2D eigenvalue weighted by Crippen LogP contribution is -2.48. The third-order valence-corrected chi connectivity index (χ3v) is 4.07. The largest absolute Gasteiger partial charge is 0.433 e. The van der Waals surface area contributed by atoms with Gasteiger partial charge in [-0.15, -0.1) is 11.3 Å². The van der Waals surface area contributed by atoms with Crippen molar-refractivity contribution in [1.29, 1.82) is 0 Å². The summed E-state index contributed by atoms with van der Waals surface area (Å²) in [5.74, 6) is -0.731. The van der Waals surface area contributed by atoms with Crippen LogP contribution in [0.15, 0.2) is 28.1 Å². The first-order chi connectivity index (χ1) is 10.1. The quantitative estimate of drug-likeness (QED) is 0.631. The molecule has 0 radical (unpaired) electrons. The minimum absolute atomic E-state index is 0.00407. The van der Waals surface area contributed by atoms with Gasteiger partial charge in [0.25, 0.3) is 5.91 Å². The van der Waals surface area contributed by atoms with Crippen LogP contribution in [0.5, 0.6) is 0 Å². The van der Waals surface area contributed by atoms with E-state index in [-0.39, 0.29) is 11.7 Å². The molecular weight excluding hydrogens is 296 g/mol. The molecule has 0 aliphatic carbocycles. The topological polar surface area (TPSA) is 92.7 Å². The molecule has 1 aliphatic rings. The SMILES string of the molecule is O=C(c1ccc([N+](=O)[O-])o1)N1CCN(c2nccs2)CC1. The molecule has 1 aliphatic heterocycles. The number of carbonyl (C=O) groups is 1. The van der Waals surface area contributed by atoms with Crippen molar-refractivity contribution >= 4 is 28.3 Å². The van der Waals surface area contributed by atoms with Gasteiger partial charge in [-0.05, 0) is 6.07 Å². The predicted molar refractivity (Wildman–Crippen MR) is 75.6 cm³/mol. The van der Waals surface area contributed by atoms with Gasteiger partial charge in [-0.2, -0.15) is 0 Å². The molecule has 0 saturated carbocycles. The zero-order valence-corrected chi connectivity index (χ0v) is 11.8. The molecule has 1 fully saturated rings. The summed E-state index contributed by atoms with van der Waals surface area (Å²) in [4.78, 5) is 30.1. The number of furan rings is 1. The maximum Gasteiger partial charge on any atom is 0.433 e. The number of anilines is 1. The zero-order valence-electron chi connectivity index (χ0n) is 11.0. The van der Waals surface area contributed by atoms with Gasteiger partial charge in [-0.25, -0.2) is 4.98 Å². The summed E-state index contributed by atoms with van der Waals surface area (Å²) >= 11 is 1.56. The first-order valence-electron chi connectivity index (χ1n) is 6.33. The Labute approximate surface area is 123 Å². The number of piperazine rings is 1. The van der Waals surface area contributed by atoms with Crippen LogP contribution in [0.25, 0.3) is 0 Å². The van der Waals surface area contributed by atoms with Crippen molar-refractivity contribution in [2.45, 2.75) is 0 Å². The first kappa shape index (κ1) is 13.6. The number of hydrogen-bond donors (Lipinski definition) is 0. The summed E-state index contributed by atoms with van der Waals surface area (Å²) in [6, 6.07) is 2.53. The Morgan fingerprint density at radius 3 is 2.67 bits per heavy atom. The number of hydrogen-bond acceptors (Lipinski definition) is 7. The van der Waals surface area contributed by atoms with Crippen LogP contribution in [0.2, 0.25) is 0 Å². The molecule has 1 amide bonds. The molecule has 2 aromatic heterocycles. The van der Waals surface area contributed by atoms with Gasteiger partial charge in [0.2, 0.25) is 0 Å². The van der Waals surface area contributed by atoms with Crippen molar-refractivity contribution in [2.24, 2.45) is 0 Å². The van der Waals surface area contributed by atoms with Gasteiger partial charge in [0.1, 0.15) is 4.92 Å². The average Bonchev–Trinajstić information content (AvgIpc) is 3.18. The van der Waals surface area contributed by atoms with Crippen LogP contribution in [-0.4, -0.2) is 46.9 Å². The smallest absolute Gasteiger partial charge is 0.395 e. The highest BCUT2D eigenvalue weighted by Crippen LogP contribution is 2.21. The summed E-state index contributed by atoms with van der Waals surface area (Å²) in [6.45, 7) is 2.43. The summed E-state index contributed by atoms with van der Waals surface area (Å²) in [5.41, 5.74) is 0. The Morgan fingerprint density at radius 1 is 1.33 bits per heavy atom. The Morgan fingerprint density at radius 2 is 2.10 bits per heavy atom. The van der Waals surface area contributed by atoms with Crippen LogP contribution in [0, 0.1) is 10.1 Å². The molecule has 21 heavy (non-hydrogen) atoms. The van der Waals surface area contributed by atoms with Crippen molar-refractivity contribution in [3.05, 3.63) is 39.6 Å². The lowest BCUT2D eigenvalue weighted by Gasteiger charge is -2.34. The number of aromatic nitrogens is 1. The van der Waals surface area contributed by atoms with E-state index in [1.165, 1.54) is 12.1 Å². The van der Waals surface area contributed by atoms with E-state index in [9.17, 15) is 14.9 Å².